The van der Waals surface area contributed by atoms with Crippen molar-refractivity contribution in [3.05, 3.63) is 59.2 Å². The Bertz CT molecular complexity index is 606. The minimum atomic E-state index is -0.407. The van der Waals surface area contributed by atoms with Gasteiger partial charge in [-0.3, -0.25) is 4.79 Å². The Hall–Kier alpha value is -2.49. The lowest BCUT2D eigenvalue weighted by molar-refractivity contribution is 0.100. The third kappa shape index (κ3) is 3.29. The van der Waals surface area contributed by atoms with Crippen LogP contribution in [0, 0.1) is 6.92 Å². The number of hydrogen-bond donors (Lipinski definition) is 2. The van der Waals surface area contributed by atoms with Crippen LogP contribution in [0.5, 0.6) is 5.75 Å². The van der Waals surface area contributed by atoms with Gasteiger partial charge >= 0.3 is 0 Å². The quantitative estimate of drug-likeness (QED) is 0.878. The molecule has 0 aliphatic heterocycles. The topological polar surface area (TPSA) is 64.3 Å². The molecule has 3 N–H and O–H groups in total. The zero-order valence-electron chi connectivity index (χ0n) is 11.6. The normalized spacial score (nSPS) is 10.1. The second-order valence-corrected chi connectivity index (χ2v) is 4.60. The molecule has 4 heteroatoms. The fourth-order valence-corrected chi connectivity index (χ4v) is 1.95. The van der Waals surface area contributed by atoms with Crippen molar-refractivity contribution >= 4 is 11.6 Å². The van der Waals surface area contributed by atoms with Crippen LogP contribution in [0.25, 0.3) is 0 Å². The van der Waals surface area contributed by atoms with E-state index in [1.807, 2.05) is 37.3 Å². The van der Waals surface area contributed by atoms with Gasteiger partial charge in [0.15, 0.2) is 0 Å². The van der Waals surface area contributed by atoms with Crippen LogP contribution in [0.15, 0.2) is 42.5 Å². The number of amides is 1. The monoisotopic (exact) mass is 270 g/mol. The molecule has 1 amide bonds. The van der Waals surface area contributed by atoms with Gasteiger partial charge in [-0.15, -0.1) is 0 Å². The molecule has 4 nitrogen and oxygen atoms in total. The zero-order chi connectivity index (χ0) is 14.5. The van der Waals surface area contributed by atoms with E-state index in [1.165, 1.54) is 0 Å². The molecule has 0 radical (unpaired) electrons. The van der Waals surface area contributed by atoms with E-state index in [1.54, 1.807) is 19.2 Å². The first-order valence-corrected chi connectivity index (χ1v) is 6.37. The van der Waals surface area contributed by atoms with Crippen molar-refractivity contribution in [3.63, 3.8) is 0 Å². The summed E-state index contributed by atoms with van der Waals surface area (Å²) < 4.78 is 5.18. The van der Waals surface area contributed by atoms with E-state index in [-0.39, 0.29) is 0 Å². The summed E-state index contributed by atoms with van der Waals surface area (Å²) in [4.78, 5) is 11.0. The lowest BCUT2D eigenvalue weighted by atomic mass is 10.1. The second-order valence-electron chi connectivity index (χ2n) is 4.60. The van der Waals surface area contributed by atoms with Crippen LogP contribution >= 0.6 is 0 Å². The van der Waals surface area contributed by atoms with E-state index >= 15 is 0 Å². The molecule has 0 saturated carbocycles. The summed E-state index contributed by atoms with van der Waals surface area (Å²) in [6.45, 7) is 2.72. The van der Waals surface area contributed by atoms with E-state index in [9.17, 15) is 4.79 Å². The molecular formula is C16H18N2O2. The molecular weight excluding hydrogens is 252 g/mol. The van der Waals surface area contributed by atoms with Crippen LogP contribution in [-0.2, 0) is 6.54 Å². The molecule has 0 bridgehead atoms. The Morgan fingerprint density at radius 3 is 2.45 bits per heavy atom. The molecule has 0 unspecified atom stereocenters. The predicted octanol–water partition coefficient (Wildman–Crippen LogP) is 2.71. The molecule has 0 aromatic heterocycles. The number of nitrogens with one attached hydrogen (secondary N) is 1. The van der Waals surface area contributed by atoms with Gasteiger partial charge in [-0.05, 0) is 48.4 Å². The summed E-state index contributed by atoms with van der Waals surface area (Å²) in [5, 5.41) is 3.36. The number of carbonyl (C=O) groups excluding carboxylic acids is 1. The number of benzene rings is 2. The number of hydrogen-bond acceptors (Lipinski definition) is 3. The van der Waals surface area contributed by atoms with Gasteiger partial charge < -0.3 is 15.8 Å². The number of carbonyl (C=O) groups is 1. The van der Waals surface area contributed by atoms with Gasteiger partial charge in [0.05, 0.1) is 7.11 Å². The number of anilines is 1. The van der Waals surface area contributed by atoms with Crippen molar-refractivity contribution in [2.45, 2.75) is 13.5 Å². The summed E-state index contributed by atoms with van der Waals surface area (Å²) in [5.74, 6) is 0.439. The smallest absolute Gasteiger partial charge is 0.248 e. The Balaban J connectivity index is 2.03. The summed E-state index contributed by atoms with van der Waals surface area (Å²) in [6.07, 6.45) is 0. The van der Waals surface area contributed by atoms with Crippen LogP contribution in [0.1, 0.15) is 21.5 Å². The van der Waals surface area contributed by atoms with Gasteiger partial charge in [-0.25, -0.2) is 0 Å². The first kappa shape index (κ1) is 13.9. The summed E-state index contributed by atoms with van der Waals surface area (Å²) in [5.41, 5.74) is 9.00. The molecule has 20 heavy (non-hydrogen) atoms. The molecule has 0 atom stereocenters. The van der Waals surface area contributed by atoms with Gasteiger partial charge in [-0.1, -0.05) is 12.1 Å². The van der Waals surface area contributed by atoms with Crippen LogP contribution in [0.3, 0.4) is 0 Å². The molecule has 0 aliphatic carbocycles. The average Bonchev–Trinajstić information content (AvgIpc) is 2.46. The minimum Gasteiger partial charge on any atom is -0.497 e. The third-order valence-electron chi connectivity index (χ3n) is 3.15. The first-order valence-electron chi connectivity index (χ1n) is 6.37. The van der Waals surface area contributed by atoms with E-state index < -0.39 is 5.91 Å². The standard InChI is InChI=1S/C16H18N2O2/c1-11-9-14(20-2)7-8-15(11)18-10-12-3-5-13(6-4-12)16(17)19/h3-9,18H,10H2,1-2H3,(H2,17,19). The summed E-state index contributed by atoms with van der Waals surface area (Å²) >= 11 is 0. The van der Waals surface area contributed by atoms with E-state index in [0.29, 0.717) is 12.1 Å². The average molecular weight is 270 g/mol. The van der Waals surface area contributed by atoms with E-state index in [0.717, 1.165) is 22.6 Å². The summed E-state index contributed by atoms with van der Waals surface area (Å²) in [7, 11) is 1.65. The maximum absolute atomic E-state index is 11.0. The van der Waals surface area contributed by atoms with Crippen molar-refractivity contribution in [2.75, 3.05) is 12.4 Å². The number of aryl methyl sites for hydroxylation is 1. The molecule has 2 rings (SSSR count). The molecule has 104 valence electrons. The number of primary amides is 1. The lowest BCUT2D eigenvalue weighted by Gasteiger charge is -2.11. The van der Waals surface area contributed by atoms with Crippen molar-refractivity contribution in [2.24, 2.45) is 5.73 Å². The fourth-order valence-electron chi connectivity index (χ4n) is 1.95. The maximum atomic E-state index is 11.0. The highest BCUT2D eigenvalue weighted by Crippen LogP contribution is 2.21. The highest BCUT2D eigenvalue weighted by Gasteiger charge is 2.02. The number of nitrogens with two attached hydrogens (primary N) is 1. The Labute approximate surface area is 118 Å². The number of methoxy groups -OCH3 is 1. The number of rotatable bonds is 5. The molecule has 0 saturated heterocycles. The molecule has 0 aliphatic rings. The zero-order valence-corrected chi connectivity index (χ0v) is 11.6. The second kappa shape index (κ2) is 6.10. The Morgan fingerprint density at radius 2 is 1.90 bits per heavy atom. The number of ether oxygens (including phenoxy) is 1. The van der Waals surface area contributed by atoms with E-state index in [4.69, 9.17) is 10.5 Å². The van der Waals surface area contributed by atoms with Gasteiger partial charge in [0.1, 0.15) is 5.75 Å². The van der Waals surface area contributed by atoms with Crippen molar-refractivity contribution in [3.8, 4) is 5.75 Å². The van der Waals surface area contributed by atoms with Crippen LogP contribution in [-0.4, -0.2) is 13.0 Å². The van der Waals surface area contributed by atoms with Gasteiger partial charge in [0.2, 0.25) is 5.91 Å². The first-order chi connectivity index (χ1) is 9.60. The molecule has 0 fully saturated rings. The highest BCUT2D eigenvalue weighted by molar-refractivity contribution is 5.92. The van der Waals surface area contributed by atoms with Crippen LogP contribution < -0.4 is 15.8 Å². The highest BCUT2D eigenvalue weighted by atomic mass is 16.5. The molecule has 2 aromatic rings. The lowest BCUT2D eigenvalue weighted by Crippen LogP contribution is -2.10. The van der Waals surface area contributed by atoms with Crippen LogP contribution in [0.4, 0.5) is 5.69 Å². The van der Waals surface area contributed by atoms with Gasteiger partial charge in [0, 0.05) is 17.8 Å². The van der Waals surface area contributed by atoms with Gasteiger partial charge in [0.25, 0.3) is 0 Å². The Morgan fingerprint density at radius 1 is 1.20 bits per heavy atom. The molecule has 2 aromatic carbocycles. The minimum absolute atomic E-state index is 0.407. The largest absolute Gasteiger partial charge is 0.497 e. The van der Waals surface area contributed by atoms with Gasteiger partial charge in [-0.2, -0.15) is 0 Å². The van der Waals surface area contributed by atoms with Crippen molar-refractivity contribution in [1.82, 2.24) is 0 Å². The van der Waals surface area contributed by atoms with Crippen LogP contribution in [0.2, 0.25) is 0 Å². The predicted molar refractivity (Wildman–Crippen MR) is 80.0 cm³/mol. The molecule has 0 spiro atoms. The fraction of sp³-hybridized carbons (Fsp3) is 0.188. The maximum Gasteiger partial charge on any atom is 0.248 e. The SMILES string of the molecule is COc1ccc(NCc2ccc(C(N)=O)cc2)c(C)c1. The molecule has 0 heterocycles. The Kier molecular flexibility index (Phi) is 4.25. The van der Waals surface area contributed by atoms with Crippen molar-refractivity contribution in [1.29, 1.82) is 0 Å². The third-order valence-corrected chi connectivity index (χ3v) is 3.15. The van der Waals surface area contributed by atoms with Crippen molar-refractivity contribution < 1.29 is 9.53 Å². The summed E-state index contributed by atoms with van der Waals surface area (Å²) in [6, 6.07) is 13.2. The van der Waals surface area contributed by atoms with E-state index in [2.05, 4.69) is 5.32 Å².